The van der Waals surface area contributed by atoms with Crippen LogP contribution in [0, 0.1) is 6.57 Å². The van der Waals surface area contributed by atoms with Crippen LogP contribution in [0.1, 0.15) is 20.8 Å². The zero-order chi connectivity index (χ0) is 15.5. The van der Waals surface area contributed by atoms with E-state index in [1.54, 1.807) is 12.3 Å². The molecule has 2 heterocycles. The Balaban J connectivity index is 1.95. The van der Waals surface area contributed by atoms with E-state index >= 15 is 0 Å². The number of nitrogens with zero attached hydrogens (tertiary/aromatic N) is 3. The quantitative estimate of drug-likeness (QED) is 0.882. The lowest BCUT2D eigenvalue weighted by molar-refractivity contribution is 0.0526. The second-order valence-corrected chi connectivity index (χ2v) is 5.66. The summed E-state index contributed by atoms with van der Waals surface area (Å²) < 4.78 is 7.10. The Kier molecular flexibility index (Phi) is 4.13. The van der Waals surface area contributed by atoms with Crippen molar-refractivity contribution in [1.29, 1.82) is 0 Å². The van der Waals surface area contributed by atoms with Crippen LogP contribution in [0.3, 0.4) is 0 Å². The number of ether oxygens (including phenoxy) is 1. The number of carbonyl (C=O) groups is 1. The summed E-state index contributed by atoms with van der Waals surface area (Å²) in [5.74, 6) is 0. The van der Waals surface area contributed by atoms with Crippen LogP contribution in [0.5, 0.6) is 0 Å². The summed E-state index contributed by atoms with van der Waals surface area (Å²) in [5, 5.41) is 3.62. The van der Waals surface area contributed by atoms with Crippen LogP contribution >= 0.6 is 0 Å². The van der Waals surface area contributed by atoms with Crippen LogP contribution in [0.4, 0.5) is 10.5 Å². The number of alkyl carbamates (subject to hydrolysis) is 1. The molecule has 0 saturated carbocycles. The Hall–Kier alpha value is -2.55. The number of nitrogens with one attached hydrogen (secondary N) is 1. The summed E-state index contributed by atoms with van der Waals surface area (Å²) in [6, 6.07) is 3.71. The maximum atomic E-state index is 11.5. The van der Waals surface area contributed by atoms with E-state index in [1.165, 1.54) is 0 Å². The van der Waals surface area contributed by atoms with Crippen molar-refractivity contribution < 1.29 is 9.53 Å². The van der Waals surface area contributed by atoms with Gasteiger partial charge in [-0.25, -0.2) is 14.6 Å². The number of amides is 1. The van der Waals surface area contributed by atoms with E-state index in [0.717, 1.165) is 11.0 Å². The number of fused-ring (bicyclic) bond motifs is 1. The molecule has 1 amide bonds. The summed E-state index contributed by atoms with van der Waals surface area (Å²) >= 11 is 0. The van der Waals surface area contributed by atoms with Gasteiger partial charge < -0.3 is 14.6 Å². The third-order valence-corrected chi connectivity index (χ3v) is 2.74. The fourth-order valence-electron chi connectivity index (χ4n) is 1.90. The fourth-order valence-corrected chi connectivity index (χ4v) is 1.90. The molecular weight excluding hydrogens is 268 g/mol. The number of rotatable bonds is 3. The van der Waals surface area contributed by atoms with Gasteiger partial charge in [0.1, 0.15) is 11.2 Å². The van der Waals surface area contributed by atoms with Crippen molar-refractivity contribution in [2.45, 2.75) is 32.9 Å². The molecule has 0 atom stereocenters. The highest BCUT2D eigenvalue weighted by Crippen LogP contribution is 2.19. The minimum Gasteiger partial charge on any atom is -0.444 e. The lowest BCUT2D eigenvalue weighted by Gasteiger charge is -2.19. The van der Waals surface area contributed by atoms with Gasteiger partial charge in [-0.05, 0) is 32.9 Å². The van der Waals surface area contributed by atoms with Gasteiger partial charge in [0, 0.05) is 30.9 Å². The van der Waals surface area contributed by atoms with E-state index in [-0.39, 0.29) is 0 Å². The average molecular weight is 286 g/mol. The molecule has 2 rings (SSSR count). The Morgan fingerprint density at radius 3 is 2.95 bits per heavy atom. The fraction of sp³-hybridized carbons (Fsp3) is 0.400. The highest BCUT2D eigenvalue weighted by atomic mass is 16.6. The molecule has 0 saturated heterocycles. The van der Waals surface area contributed by atoms with Crippen molar-refractivity contribution in [2.75, 3.05) is 6.54 Å². The first-order valence-electron chi connectivity index (χ1n) is 6.68. The summed E-state index contributed by atoms with van der Waals surface area (Å²) in [6.45, 7) is 13.5. The van der Waals surface area contributed by atoms with Gasteiger partial charge in [-0.2, -0.15) is 0 Å². The first kappa shape index (κ1) is 14.9. The number of hydrogen-bond donors (Lipinski definition) is 1. The van der Waals surface area contributed by atoms with Gasteiger partial charge in [-0.3, -0.25) is 0 Å². The molecule has 6 heteroatoms. The standard InChI is InChI=1S/C15H18N4O2/c1-15(2,3)21-14(20)17-6-8-19-7-5-11-9-12(16-4)10-18-13(11)19/h5,7,9-10H,6,8H2,1-3H3,(H,17,20). The summed E-state index contributed by atoms with van der Waals surface area (Å²) in [6.07, 6.45) is 3.01. The molecule has 110 valence electrons. The SMILES string of the molecule is [C-]#[N+]c1cnc2c(ccn2CCNC(=O)OC(C)(C)C)c1. The molecule has 6 nitrogen and oxygen atoms in total. The van der Waals surface area contributed by atoms with Gasteiger partial charge in [0.25, 0.3) is 0 Å². The topological polar surface area (TPSA) is 60.5 Å². The predicted octanol–water partition coefficient (Wildman–Crippen LogP) is 3.11. The lowest BCUT2D eigenvalue weighted by atomic mass is 10.2. The molecule has 21 heavy (non-hydrogen) atoms. The Labute approximate surface area is 123 Å². The Morgan fingerprint density at radius 2 is 2.29 bits per heavy atom. The maximum absolute atomic E-state index is 11.5. The highest BCUT2D eigenvalue weighted by Gasteiger charge is 2.15. The van der Waals surface area contributed by atoms with E-state index in [1.807, 2.05) is 37.6 Å². The maximum Gasteiger partial charge on any atom is 0.407 e. The highest BCUT2D eigenvalue weighted by molar-refractivity contribution is 5.79. The third kappa shape index (κ3) is 3.96. The molecule has 0 aliphatic heterocycles. The molecular formula is C15H18N4O2. The number of pyridine rings is 1. The second-order valence-electron chi connectivity index (χ2n) is 5.66. The molecule has 0 aliphatic rings. The van der Waals surface area contributed by atoms with Crippen molar-refractivity contribution in [3.8, 4) is 0 Å². The van der Waals surface area contributed by atoms with E-state index in [4.69, 9.17) is 11.3 Å². The first-order chi connectivity index (χ1) is 9.89. The first-order valence-corrected chi connectivity index (χ1v) is 6.68. The average Bonchev–Trinajstić information content (AvgIpc) is 2.79. The van der Waals surface area contributed by atoms with Gasteiger partial charge in [0.2, 0.25) is 5.69 Å². The largest absolute Gasteiger partial charge is 0.444 e. The van der Waals surface area contributed by atoms with Crippen molar-refractivity contribution in [3.05, 3.63) is 35.9 Å². The number of hydrogen-bond acceptors (Lipinski definition) is 3. The van der Waals surface area contributed by atoms with Crippen LogP contribution in [0.25, 0.3) is 15.9 Å². The van der Waals surface area contributed by atoms with E-state index in [0.29, 0.717) is 18.8 Å². The molecule has 1 N–H and O–H groups in total. The normalized spacial score (nSPS) is 11.1. The number of carbonyl (C=O) groups excluding carboxylic acids is 1. The minimum absolute atomic E-state index is 0.429. The van der Waals surface area contributed by atoms with Crippen molar-refractivity contribution in [3.63, 3.8) is 0 Å². The van der Waals surface area contributed by atoms with Crippen molar-refractivity contribution in [2.24, 2.45) is 0 Å². The summed E-state index contributed by atoms with van der Waals surface area (Å²) in [5.41, 5.74) is 0.822. The van der Waals surface area contributed by atoms with Crippen LogP contribution in [0.2, 0.25) is 0 Å². The van der Waals surface area contributed by atoms with Gasteiger partial charge >= 0.3 is 6.09 Å². The lowest BCUT2D eigenvalue weighted by Crippen LogP contribution is -2.34. The minimum atomic E-state index is -0.498. The van der Waals surface area contributed by atoms with Gasteiger partial charge in [-0.1, -0.05) is 0 Å². The van der Waals surface area contributed by atoms with Crippen LogP contribution in [-0.4, -0.2) is 27.8 Å². The summed E-state index contributed by atoms with van der Waals surface area (Å²) in [4.78, 5) is 19.2. The van der Waals surface area contributed by atoms with Gasteiger partial charge in [-0.15, -0.1) is 0 Å². The molecule has 0 spiro atoms. The summed E-state index contributed by atoms with van der Waals surface area (Å²) in [7, 11) is 0. The predicted molar refractivity (Wildman–Crippen MR) is 80.2 cm³/mol. The smallest absolute Gasteiger partial charge is 0.407 e. The van der Waals surface area contributed by atoms with E-state index < -0.39 is 11.7 Å². The monoisotopic (exact) mass is 286 g/mol. The molecule has 0 aliphatic carbocycles. The van der Waals surface area contributed by atoms with Gasteiger partial charge in [0.15, 0.2) is 0 Å². The van der Waals surface area contributed by atoms with Crippen molar-refractivity contribution >= 4 is 22.8 Å². The molecule has 0 fully saturated rings. The zero-order valence-corrected chi connectivity index (χ0v) is 12.4. The molecule has 0 bridgehead atoms. The third-order valence-electron chi connectivity index (χ3n) is 2.74. The van der Waals surface area contributed by atoms with Gasteiger partial charge in [0.05, 0.1) is 6.57 Å². The van der Waals surface area contributed by atoms with E-state index in [9.17, 15) is 4.79 Å². The molecule has 0 radical (unpaired) electrons. The Bertz CT molecular complexity index is 692. The molecule has 0 aromatic carbocycles. The Morgan fingerprint density at radius 1 is 1.52 bits per heavy atom. The van der Waals surface area contributed by atoms with Crippen molar-refractivity contribution in [1.82, 2.24) is 14.9 Å². The number of aromatic nitrogens is 2. The molecule has 2 aromatic heterocycles. The van der Waals surface area contributed by atoms with Crippen LogP contribution in [0.15, 0.2) is 24.5 Å². The zero-order valence-electron chi connectivity index (χ0n) is 12.4. The molecule has 0 unspecified atom stereocenters. The molecule has 2 aromatic rings. The second kappa shape index (κ2) is 5.83. The van der Waals surface area contributed by atoms with Crippen LogP contribution in [-0.2, 0) is 11.3 Å². The van der Waals surface area contributed by atoms with Crippen LogP contribution < -0.4 is 5.32 Å². The van der Waals surface area contributed by atoms with E-state index in [2.05, 4.69) is 15.1 Å².